The Morgan fingerprint density at radius 3 is 2.93 bits per heavy atom. The van der Waals surface area contributed by atoms with Crippen molar-refractivity contribution >= 4 is 27.4 Å². The first-order valence-electron chi connectivity index (χ1n) is 4.55. The predicted octanol–water partition coefficient (Wildman–Crippen LogP) is 1.99. The summed E-state index contributed by atoms with van der Waals surface area (Å²) in [7, 11) is 0. The van der Waals surface area contributed by atoms with Gasteiger partial charge in [-0.25, -0.2) is 0 Å². The van der Waals surface area contributed by atoms with Crippen LogP contribution in [0.3, 0.4) is 0 Å². The molecule has 15 heavy (non-hydrogen) atoms. The first kappa shape index (κ1) is 11.9. The molecule has 0 aliphatic carbocycles. The highest BCUT2D eigenvalue weighted by molar-refractivity contribution is 9.10. The zero-order chi connectivity index (χ0) is 11.3. The second-order valence-corrected chi connectivity index (χ2v) is 3.93. The maximum Gasteiger partial charge on any atom is 0.176 e. The minimum atomic E-state index is 0.0241. The number of hydrogen-bond acceptors (Lipinski definition) is 3. The van der Waals surface area contributed by atoms with Gasteiger partial charge in [-0.1, -0.05) is 12.1 Å². The lowest BCUT2D eigenvalue weighted by atomic mass is 10.1. The number of anilines is 1. The molecule has 0 fully saturated rings. The molecule has 80 valence electrons. The van der Waals surface area contributed by atoms with Crippen LogP contribution < -0.4 is 11.1 Å². The van der Waals surface area contributed by atoms with Crippen molar-refractivity contribution in [2.24, 2.45) is 0 Å². The number of carbonyl (C=O) groups is 1. The van der Waals surface area contributed by atoms with Crippen LogP contribution in [-0.4, -0.2) is 18.9 Å². The number of rotatable bonds is 5. The van der Waals surface area contributed by atoms with Gasteiger partial charge in [0.1, 0.15) is 0 Å². The van der Waals surface area contributed by atoms with Crippen LogP contribution in [0.5, 0.6) is 0 Å². The fourth-order valence-corrected chi connectivity index (χ4v) is 1.35. The molecular formula is C11H13BrN2O. The summed E-state index contributed by atoms with van der Waals surface area (Å²) in [5.41, 5.74) is 6.87. The standard InChI is InChI=1S/C11H13BrN2O/c1-2-5-14-7-11(15)8-3-4-9(12)10(13)6-8/h2-4,6,14H,1,5,7,13H2. The Morgan fingerprint density at radius 1 is 1.60 bits per heavy atom. The van der Waals surface area contributed by atoms with Gasteiger partial charge in [0.15, 0.2) is 5.78 Å². The lowest BCUT2D eigenvalue weighted by Gasteiger charge is -2.04. The van der Waals surface area contributed by atoms with E-state index in [0.717, 1.165) is 4.47 Å². The smallest absolute Gasteiger partial charge is 0.176 e. The van der Waals surface area contributed by atoms with E-state index in [1.54, 1.807) is 24.3 Å². The summed E-state index contributed by atoms with van der Waals surface area (Å²) in [5, 5.41) is 2.95. The van der Waals surface area contributed by atoms with Crippen LogP contribution in [0.25, 0.3) is 0 Å². The molecule has 0 radical (unpaired) electrons. The van der Waals surface area contributed by atoms with Crippen molar-refractivity contribution in [2.45, 2.75) is 0 Å². The number of benzene rings is 1. The van der Waals surface area contributed by atoms with Gasteiger partial charge in [-0.3, -0.25) is 4.79 Å². The summed E-state index contributed by atoms with van der Waals surface area (Å²) >= 11 is 3.28. The molecule has 0 bridgehead atoms. The fraction of sp³-hybridized carbons (Fsp3) is 0.182. The highest BCUT2D eigenvalue weighted by Crippen LogP contribution is 2.20. The molecular weight excluding hydrogens is 256 g/mol. The van der Waals surface area contributed by atoms with E-state index in [9.17, 15) is 4.79 Å². The van der Waals surface area contributed by atoms with Crippen LogP contribution in [0.1, 0.15) is 10.4 Å². The summed E-state index contributed by atoms with van der Waals surface area (Å²) in [4.78, 5) is 11.6. The third-order valence-corrected chi connectivity index (χ3v) is 2.61. The minimum absolute atomic E-state index is 0.0241. The molecule has 0 aliphatic heterocycles. The van der Waals surface area contributed by atoms with Gasteiger partial charge in [0.25, 0.3) is 0 Å². The zero-order valence-electron chi connectivity index (χ0n) is 8.29. The Bertz CT molecular complexity index is 377. The van der Waals surface area contributed by atoms with Crippen molar-refractivity contribution in [3.05, 3.63) is 40.9 Å². The Morgan fingerprint density at radius 2 is 2.33 bits per heavy atom. The SMILES string of the molecule is C=CCNCC(=O)c1ccc(Br)c(N)c1. The predicted molar refractivity (Wildman–Crippen MR) is 66.0 cm³/mol. The molecule has 0 amide bonds. The van der Waals surface area contributed by atoms with Gasteiger partial charge in [0.05, 0.1) is 6.54 Å². The highest BCUT2D eigenvalue weighted by atomic mass is 79.9. The molecule has 1 aromatic carbocycles. The second-order valence-electron chi connectivity index (χ2n) is 3.08. The molecule has 0 saturated carbocycles. The largest absolute Gasteiger partial charge is 0.398 e. The van der Waals surface area contributed by atoms with Crippen molar-refractivity contribution in [1.29, 1.82) is 0 Å². The molecule has 0 aliphatic rings. The van der Waals surface area contributed by atoms with Crippen molar-refractivity contribution in [3.8, 4) is 0 Å². The summed E-state index contributed by atoms with van der Waals surface area (Å²) in [6.07, 6.45) is 1.71. The van der Waals surface area contributed by atoms with Crippen LogP contribution in [0.15, 0.2) is 35.3 Å². The van der Waals surface area contributed by atoms with Gasteiger partial charge in [0.2, 0.25) is 0 Å². The third-order valence-electron chi connectivity index (χ3n) is 1.89. The number of hydrogen-bond donors (Lipinski definition) is 2. The van der Waals surface area contributed by atoms with Crippen LogP contribution in [0.4, 0.5) is 5.69 Å². The van der Waals surface area contributed by atoms with Gasteiger partial charge in [-0.05, 0) is 28.1 Å². The Hall–Kier alpha value is -1.13. The van der Waals surface area contributed by atoms with Crippen molar-refractivity contribution in [2.75, 3.05) is 18.8 Å². The van der Waals surface area contributed by atoms with E-state index in [4.69, 9.17) is 5.73 Å². The van der Waals surface area contributed by atoms with Crippen LogP contribution in [-0.2, 0) is 0 Å². The van der Waals surface area contributed by atoms with E-state index in [1.807, 2.05) is 0 Å². The molecule has 0 spiro atoms. The summed E-state index contributed by atoms with van der Waals surface area (Å²) in [5.74, 6) is 0.0241. The molecule has 0 heterocycles. The van der Waals surface area contributed by atoms with Crippen LogP contribution >= 0.6 is 15.9 Å². The summed E-state index contributed by atoms with van der Waals surface area (Å²) < 4.78 is 0.804. The molecule has 0 saturated heterocycles. The average molecular weight is 269 g/mol. The van der Waals surface area contributed by atoms with Gasteiger partial charge in [-0.15, -0.1) is 6.58 Å². The number of Topliss-reactive ketones (excluding diaryl/α,β-unsaturated/α-hetero) is 1. The van der Waals surface area contributed by atoms with Gasteiger partial charge in [0, 0.05) is 22.3 Å². The molecule has 1 rings (SSSR count). The van der Waals surface area contributed by atoms with Gasteiger partial charge in [-0.2, -0.15) is 0 Å². The number of nitrogens with one attached hydrogen (secondary N) is 1. The van der Waals surface area contributed by atoms with E-state index in [0.29, 0.717) is 24.3 Å². The van der Waals surface area contributed by atoms with E-state index >= 15 is 0 Å². The monoisotopic (exact) mass is 268 g/mol. The molecule has 0 atom stereocenters. The molecule has 0 unspecified atom stereocenters. The van der Waals surface area contributed by atoms with Crippen LogP contribution in [0.2, 0.25) is 0 Å². The lowest BCUT2D eigenvalue weighted by Crippen LogP contribution is -2.23. The summed E-state index contributed by atoms with van der Waals surface area (Å²) in [6.45, 7) is 4.48. The lowest BCUT2D eigenvalue weighted by molar-refractivity contribution is 0.0992. The average Bonchev–Trinajstić information content (AvgIpc) is 2.22. The summed E-state index contributed by atoms with van der Waals surface area (Å²) in [6, 6.07) is 5.19. The van der Waals surface area contributed by atoms with Crippen LogP contribution in [0, 0.1) is 0 Å². The number of carbonyl (C=O) groups excluding carboxylic acids is 1. The number of halogens is 1. The van der Waals surface area contributed by atoms with Gasteiger partial charge < -0.3 is 11.1 Å². The molecule has 3 N–H and O–H groups in total. The minimum Gasteiger partial charge on any atom is -0.398 e. The Balaban J connectivity index is 2.65. The molecule has 3 nitrogen and oxygen atoms in total. The van der Waals surface area contributed by atoms with E-state index in [1.165, 1.54) is 0 Å². The van der Waals surface area contributed by atoms with Crippen molar-refractivity contribution in [3.63, 3.8) is 0 Å². The van der Waals surface area contributed by atoms with Crippen molar-refractivity contribution < 1.29 is 4.79 Å². The fourth-order valence-electron chi connectivity index (χ4n) is 1.11. The quantitative estimate of drug-likeness (QED) is 0.372. The molecule has 0 aromatic heterocycles. The number of ketones is 1. The van der Waals surface area contributed by atoms with Gasteiger partial charge >= 0.3 is 0 Å². The maximum absolute atomic E-state index is 11.6. The zero-order valence-corrected chi connectivity index (χ0v) is 9.88. The Kier molecular flexibility index (Phi) is 4.52. The number of nitrogen functional groups attached to an aromatic ring is 1. The number of nitrogens with two attached hydrogens (primary N) is 1. The first-order valence-corrected chi connectivity index (χ1v) is 5.34. The first-order chi connectivity index (χ1) is 7.15. The molecule has 1 aromatic rings. The molecule has 4 heteroatoms. The topological polar surface area (TPSA) is 55.1 Å². The maximum atomic E-state index is 11.6. The van der Waals surface area contributed by atoms with Crippen molar-refractivity contribution in [1.82, 2.24) is 5.32 Å². The second kappa shape index (κ2) is 5.68. The van der Waals surface area contributed by atoms with E-state index in [2.05, 4.69) is 27.8 Å². The highest BCUT2D eigenvalue weighted by Gasteiger charge is 2.06. The van der Waals surface area contributed by atoms with E-state index in [-0.39, 0.29) is 5.78 Å². The third kappa shape index (κ3) is 3.49. The Labute approximate surface area is 97.5 Å². The normalized spacial score (nSPS) is 9.93. The van der Waals surface area contributed by atoms with E-state index < -0.39 is 0 Å².